The molecule has 30 heavy (non-hydrogen) atoms. The van der Waals surface area contributed by atoms with Crippen molar-refractivity contribution in [3.63, 3.8) is 0 Å². The molecule has 0 unspecified atom stereocenters. The summed E-state index contributed by atoms with van der Waals surface area (Å²) in [4.78, 5) is 30.9. The van der Waals surface area contributed by atoms with E-state index in [1.54, 1.807) is 53.1 Å². The molecule has 2 aromatic heterocycles. The van der Waals surface area contributed by atoms with Crippen molar-refractivity contribution in [3.8, 4) is 5.75 Å². The summed E-state index contributed by atoms with van der Waals surface area (Å²) in [6.07, 6.45) is 1.52. The summed E-state index contributed by atoms with van der Waals surface area (Å²) in [7, 11) is 1.48. The maximum Gasteiger partial charge on any atom is 0.202 e. The van der Waals surface area contributed by atoms with Gasteiger partial charge in [-0.15, -0.1) is 0 Å². The fraction of sp³-hybridized carbons (Fsp3) is 0.125. The maximum atomic E-state index is 13.3. The summed E-state index contributed by atoms with van der Waals surface area (Å²) in [5.74, 6) is -0.355. The molecule has 4 rings (SSSR count). The molecule has 0 bridgehead atoms. The van der Waals surface area contributed by atoms with E-state index in [0.29, 0.717) is 28.9 Å². The minimum absolute atomic E-state index is 0.0276. The van der Waals surface area contributed by atoms with E-state index in [9.17, 15) is 14.0 Å². The van der Waals surface area contributed by atoms with Gasteiger partial charge in [0.05, 0.1) is 23.6 Å². The first-order valence-corrected chi connectivity index (χ1v) is 9.41. The molecule has 6 heteroatoms. The zero-order valence-corrected chi connectivity index (χ0v) is 16.6. The highest BCUT2D eigenvalue weighted by atomic mass is 19.1. The Hall–Kier alpha value is -3.80. The van der Waals surface area contributed by atoms with Crippen LogP contribution in [-0.4, -0.2) is 22.4 Å². The number of carbonyl (C=O) groups excluding carboxylic acids is 1. The number of ether oxygens (including phenoxy) is 1. The van der Waals surface area contributed by atoms with Gasteiger partial charge in [0.15, 0.2) is 0 Å². The minimum atomic E-state index is -0.423. The van der Waals surface area contributed by atoms with E-state index in [2.05, 4.69) is 4.98 Å². The van der Waals surface area contributed by atoms with Gasteiger partial charge in [0.25, 0.3) is 0 Å². The standard InChI is InChI=1S/C24H19FN2O3/c1-15-7-12-19-23(29)20(22(28)18-5-3-4-6-21(18)30-2)14-27(24(19)26-15)13-16-8-10-17(25)11-9-16/h3-12,14H,13H2,1-2H3. The van der Waals surface area contributed by atoms with Crippen LogP contribution >= 0.6 is 0 Å². The number of halogens is 1. The number of para-hydroxylation sites is 1. The Balaban J connectivity index is 1.91. The highest BCUT2D eigenvalue weighted by Gasteiger charge is 2.20. The fourth-order valence-corrected chi connectivity index (χ4v) is 3.41. The molecule has 4 aromatic rings. The number of pyridine rings is 2. The maximum absolute atomic E-state index is 13.3. The monoisotopic (exact) mass is 402 g/mol. The lowest BCUT2D eigenvalue weighted by atomic mass is 10.0. The Labute approximate surface area is 172 Å². The second-order valence-corrected chi connectivity index (χ2v) is 6.98. The van der Waals surface area contributed by atoms with Crippen molar-refractivity contribution < 1.29 is 13.9 Å². The number of aromatic nitrogens is 2. The van der Waals surface area contributed by atoms with Crippen molar-refractivity contribution in [2.75, 3.05) is 7.11 Å². The van der Waals surface area contributed by atoms with Crippen molar-refractivity contribution in [1.29, 1.82) is 0 Å². The predicted octanol–water partition coefficient (Wildman–Crippen LogP) is 4.13. The number of hydrogen-bond acceptors (Lipinski definition) is 4. The molecule has 0 amide bonds. The first-order chi connectivity index (χ1) is 14.5. The molecular weight excluding hydrogens is 383 g/mol. The molecule has 0 saturated heterocycles. The van der Waals surface area contributed by atoms with E-state index in [0.717, 1.165) is 11.3 Å². The number of benzene rings is 2. The Morgan fingerprint density at radius 1 is 1.03 bits per heavy atom. The summed E-state index contributed by atoms with van der Waals surface area (Å²) in [6.45, 7) is 2.17. The van der Waals surface area contributed by atoms with Gasteiger partial charge >= 0.3 is 0 Å². The molecule has 0 aliphatic heterocycles. The molecule has 0 fully saturated rings. The van der Waals surface area contributed by atoms with Crippen LogP contribution in [0.25, 0.3) is 11.0 Å². The SMILES string of the molecule is COc1ccccc1C(=O)c1cn(Cc2ccc(F)cc2)c2nc(C)ccc2c1=O. The summed E-state index contributed by atoms with van der Waals surface area (Å²) >= 11 is 0. The van der Waals surface area contributed by atoms with E-state index < -0.39 is 5.78 Å². The molecule has 0 atom stereocenters. The van der Waals surface area contributed by atoms with Gasteiger partial charge < -0.3 is 9.30 Å². The van der Waals surface area contributed by atoms with Crippen molar-refractivity contribution in [3.05, 3.63) is 105 Å². The van der Waals surface area contributed by atoms with E-state index >= 15 is 0 Å². The third-order valence-electron chi connectivity index (χ3n) is 4.92. The highest BCUT2D eigenvalue weighted by Crippen LogP contribution is 2.22. The first-order valence-electron chi connectivity index (χ1n) is 9.41. The summed E-state index contributed by atoms with van der Waals surface area (Å²) in [6, 6.07) is 16.3. The van der Waals surface area contributed by atoms with Crippen LogP contribution < -0.4 is 10.2 Å². The average molecular weight is 402 g/mol. The van der Waals surface area contributed by atoms with Gasteiger partial charge in [-0.05, 0) is 48.9 Å². The van der Waals surface area contributed by atoms with Crippen LogP contribution in [0.3, 0.4) is 0 Å². The van der Waals surface area contributed by atoms with Crippen molar-refractivity contribution in [1.82, 2.24) is 9.55 Å². The molecule has 5 nitrogen and oxygen atoms in total. The second-order valence-electron chi connectivity index (χ2n) is 6.98. The molecule has 0 radical (unpaired) electrons. The van der Waals surface area contributed by atoms with Crippen molar-refractivity contribution >= 4 is 16.8 Å². The number of hydrogen-bond donors (Lipinski definition) is 0. The number of methoxy groups -OCH3 is 1. The zero-order valence-electron chi connectivity index (χ0n) is 16.6. The molecule has 0 N–H and O–H groups in total. The molecule has 2 aromatic carbocycles. The van der Waals surface area contributed by atoms with Crippen LogP contribution in [-0.2, 0) is 6.54 Å². The van der Waals surface area contributed by atoms with Crippen LogP contribution in [0.5, 0.6) is 5.75 Å². The number of carbonyl (C=O) groups is 1. The Morgan fingerprint density at radius 3 is 2.50 bits per heavy atom. The van der Waals surface area contributed by atoms with Gasteiger partial charge in [-0.25, -0.2) is 9.37 Å². The van der Waals surface area contributed by atoms with Crippen LogP contribution in [0.1, 0.15) is 27.2 Å². The summed E-state index contributed by atoms with van der Waals surface area (Å²) in [5.41, 5.74) is 1.99. The minimum Gasteiger partial charge on any atom is -0.496 e. The van der Waals surface area contributed by atoms with E-state index in [1.165, 1.54) is 25.4 Å². The number of rotatable bonds is 5. The topological polar surface area (TPSA) is 61.2 Å². The van der Waals surface area contributed by atoms with Crippen molar-refractivity contribution in [2.24, 2.45) is 0 Å². The number of ketones is 1. The predicted molar refractivity (Wildman–Crippen MR) is 113 cm³/mol. The largest absolute Gasteiger partial charge is 0.496 e. The van der Waals surface area contributed by atoms with Crippen LogP contribution in [0, 0.1) is 12.7 Å². The molecular formula is C24H19FN2O3. The van der Waals surface area contributed by atoms with Crippen LogP contribution in [0.2, 0.25) is 0 Å². The molecule has 0 aliphatic carbocycles. The van der Waals surface area contributed by atoms with Gasteiger partial charge in [0, 0.05) is 18.4 Å². The molecule has 0 saturated carbocycles. The smallest absolute Gasteiger partial charge is 0.202 e. The second kappa shape index (κ2) is 7.91. The Kier molecular flexibility index (Phi) is 5.14. The normalized spacial score (nSPS) is 10.9. The van der Waals surface area contributed by atoms with Crippen molar-refractivity contribution in [2.45, 2.75) is 13.5 Å². The Morgan fingerprint density at radius 2 is 1.77 bits per heavy atom. The number of nitrogens with zero attached hydrogens (tertiary/aromatic N) is 2. The molecule has 0 spiro atoms. The van der Waals surface area contributed by atoms with E-state index in [1.807, 2.05) is 6.92 Å². The Bertz CT molecular complexity index is 1310. The molecule has 0 aliphatic rings. The van der Waals surface area contributed by atoms with Gasteiger partial charge in [-0.2, -0.15) is 0 Å². The van der Waals surface area contributed by atoms with Gasteiger partial charge in [-0.1, -0.05) is 24.3 Å². The summed E-state index contributed by atoms with van der Waals surface area (Å²) in [5, 5.41) is 0.350. The number of aryl methyl sites for hydroxylation is 1. The van der Waals surface area contributed by atoms with E-state index in [-0.39, 0.29) is 16.8 Å². The average Bonchev–Trinajstić information content (AvgIpc) is 2.76. The van der Waals surface area contributed by atoms with Gasteiger partial charge in [0.2, 0.25) is 11.2 Å². The summed E-state index contributed by atoms with van der Waals surface area (Å²) < 4.78 is 20.3. The quantitative estimate of drug-likeness (QED) is 0.471. The first kappa shape index (κ1) is 19.5. The molecule has 2 heterocycles. The highest BCUT2D eigenvalue weighted by molar-refractivity contribution is 6.11. The lowest BCUT2D eigenvalue weighted by Crippen LogP contribution is -2.21. The number of fused-ring (bicyclic) bond motifs is 1. The lowest BCUT2D eigenvalue weighted by molar-refractivity contribution is 0.103. The fourth-order valence-electron chi connectivity index (χ4n) is 3.41. The molecule has 150 valence electrons. The lowest BCUT2D eigenvalue weighted by Gasteiger charge is -2.14. The third-order valence-corrected chi connectivity index (χ3v) is 4.92. The van der Waals surface area contributed by atoms with E-state index in [4.69, 9.17) is 4.74 Å². The zero-order chi connectivity index (χ0) is 21.3. The van der Waals surface area contributed by atoms with Crippen LogP contribution in [0.15, 0.2) is 71.7 Å². The van der Waals surface area contributed by atoms with Gasteiger partial charge in [-0.3, -0.25) is 9.59 Å². The van der Waals surface area contributed by atoms with Crippen LogP contribution in [0.4, 0.5) is 4.39 Å². The third kappa shape index (κ3) is 3.59. The van der Waals surface area contributed by atoms with Gasteiger partial charge in [0.1, 0.15) is 17.2 Å².